The second-order valence-corrected chi connectivity index (χ2v) is 5.55. The molecule has 1 heterocycles. The van der Waals surface area contributed by atoms with Crippen LogP contribution in [0.1, 0.15) is 18.2 Å². The average molecular weight is 268 g/mol. The van der Waals surface area contributed by atoms with E-state index < -0.39 is 0 Å². The molecule has 0 fully saturated rings. The summed E-state index contributed by atoms with van der Waals surface area (Å²) in [6, 6.07) is 19.0. The molecule has 0 aliphatic carbocycles. The third kappa shape index (κ3) is 3.06. The fourth-order valence-corrected chi connectivity index (χ4v) is 3.11. The number of benzene rings is 2. The standard InChI is InChI=1S/C16H16N2S/c1-2-7-13(8-3-1)19-15-10-5-4-9-14(15)16-17-11-6-12-18-16/h1-5,7-11,16,18H,6,12H2. The highest BCUT2D eigenvalue weighted by Crippen LogP contribution is 2.33. The molecular formula is C16H16N2S. The van der Waals surface area contributed by atoms with Gasteiger partial charge in [-0.25, -0.2) is 0 Å². The molecule has 0 spiro atoms. The molecule has 1 N–H and O–H groups in total. The van der Waals surface area contributed by atoms with E-state index in [4.69, 9.17) is 0 Å². The Hall–Kier alpha value is -1.58. The molecule has 2 nitrogen and oxygen atoms in total. The number of nitrogens with zero attached hydrogens (tertiary/aromatic N) is 1. The van der Waals surface area contributed by atoms with E-state index in [1.807, 2.05) is 12.3 Å². The highest BCUT2D eigenvalue weighted by molar-refractivity contribution is 7.99. The van der Waals surface area contributed by atoms with Gasteiger partial charge >= 0.3 is 0 Å². The molecule has 0 radical (unpaired) electrons. The van der Waals surface area contributed by atoms with E-state index in [0.29, 0.717) is 0 Å². The molecule has 0 amide bonds. The molecular weight excluding hydrogens is 252 g/mol. The summed E-state index contributed by atoms with van der Waals surface area (Å²) < 4.78 is 0. The van der Waals surface area contributed by atoms with Crippen LogP contribution in [-0.4, -0.2) is 12.8 Å². The van der Waals surface area contributed by atoms with Crippen molar-refractivity contribution in [3.8, 4) is 0 Å². The summed E-state index contributed by atoms with van der Waals surface area (Å²) in [7, 11) is 0. The Balaban J connectivity index is 1.89. The van der Waals surface area contributed by atoms with Gasteiger partial charge in [0.2, 0.25) is 0 Å². The highest BCUT2D eigenvalue weighted by Gasteiger charge is 2.15. The smallest absolute Gasteiger partial charge is 0.126 e. The topological polar surface area (TPSA) is 24.4 Å². The predicted octanol–water partition coefficient (Wildman–Crippen LogP) is 3.90. The van der Waals surface area contributed by atoms with Crippen molar-refractivity contribution in [2.45, 2.75) is 22.4 Å². The van der Waals surface area contributed by atoms with E-state index in [1.165, 1.54) is 15.4 Å². The van der Waals surface area contributed by atoms with Gasteiger partial charge in [-0.1, -0.05) is 48.2 Å². The van der Waals surface area contributed by atoms with Gasteiger partial charge in [-0.2, -0.15) is 0 Å². The van der Waals surface area contributed by atoms with Crippen LogP contribution >= 0.6 is 11.8 Å². The third-order valence-electron chi connectivity index (χ3n) is 3.05. The van der Waals surface area contributed by atoms with Gasteiger partial charge in [0.05, 0.1) is 0 Å². The maximum absolute atomic E-state index is 4.55. The summed E-state index contributed by atoms with van der Waals surface area (Å²) in [6.45, 7) is 0.999. The van der Waals surface area contributed by atoms with E-state index >= 15 is 0 Å². The Labute approximate surface area is 118 Å². The van der Waals surface area contributed by atoms with Crippen molar-refractivity contribution < 1.29 is 0 Å². The van der Waals surface area contributed by atoms with Gasteiger partial charge in [0.25, 0.3) is 0 Å². The minimum absolute atomic E-state index is 0.0983. The van der Waals surface area contributed by atoms with Crippen molar-refractivity contribution in [3.63, 3.8) is 0 Å². The first-order chi connectivity index (χ1) is 9.43. The summed E-state index contributed by atoms with van der Waals surface area (Å²) in [5.74, 6) is 0. The molecule has 3 rings (SSSR count). The molecule has 1 atom stereocenters. The van der Waals surface area contributed by atoms with Crippen molar-refractivity contribution in [1.29, 1.82) is 0 Å². The number of hydrogen-bond donors (Lipinski definition) is 1. The lowest BCUT2D eigenvalue weighted by Gasteiger charge is -2.20. The number of hydrogen-bond acceptors (Lipinski definition) is 3. The second-order valence-electron chi connectivity index (χ2n) is 4.43. The number of aliphatic imine (C=N–C) groups is 1. The van der Waals surface area contributed by atoms with Crippen LogP contribution in [0.4, 0.5) is 0 Å². The van der Waals surface area contributed by atoms with Gasteiger partial charge in [0.1, 0.15) is 6.17 Å². The summed E-state index contributed by atoms with van der Waals surface area (Å²) in [4.78, 5) is 7.08. The molecule has 0 aromatic heterocycles. The molecule has 1 aliphatic heterocycles. The maximum Gasteiger partial charge on any atom is 0.126 e. The zero-order valence-electron chi connectivity index (χ0n) is 10.6. The summed E-state index contributed by atoms with van der Waals surface area (Å²) >= 11 is 1.79. The minimum atomic E-state index is 0.0983. The first kappa shape index (κ1) is 12.5. The lowest BCUT2D eigenvalue weighted by atomic mass is 10.1. The Morgan fingerprint density at radius 2 is 1.79 bits per heavy atom. The van der Waals surface area contributed by atoms with Gasteiger partial charge in [0.15, 0.2) is 0 Å². The SMILES string of the molecule is C1=NC(c2ccccc2Sc2ccccc2)NCC1. The fraction of sp³-hybridized carbons (Fsp3) is 0.188. The van der Waals surface area contributed by atoms with Crippen LogP contribution in [0.15, 0.2) is 69.4 Å². The average Bonchev–Trinajstić information content (AvgIpc) is 2.50. The van der Waals surface area contributed by atoms with Crippen LogP contribution in [0, 0.1) is 0 Å². The normalized spacial score (nSPS) is 18.4. The summed E-state index contributed by atoms with van der Waals surface area (Å²) in [5, 5.41) is 3.45. The lowest BCUT2D eigenvalue weighted by molar-refractivity contribution is 0.540. The molecule has 19 heavy (non-hydrogen) atoms. The lowest BCUT2D eigenvalue weighted by Crippen LogP contribution is -2.25. The van der Waals surface area contributed by atoms with Gasteiger partial charge in [0, 0.05) is 28.1 Å². The zero-order valence-corrected chi connectivity index (χ0v) is 11.4. The zero-order chi connectivity index (χ0) is 12.9. The predicted molar refractivity (Wildman–Crippen MR) is 80.9 cm³/mol. The Bertz CT molecular complexity index is 566. The molecule has 3 heteroatoms. The van der Waals surface area contributed by atoms with Crippen LogP contribution in [0.3, 0.4) is 0 Å². The fourth-order valence-electron chi connectivity index (χ4n) is 2.12. The first-order valence-electron chi connectivity index (χ1n) is 6.50. The Kier molecular flexibility index (Phi) is 3.96. The summed E-state index contributed by atoms with van der Waals surface area (Å²) in [6.07, 6.45) is 3.14. The van der Waals surface area contributed by atoms with Crippen molar-refractivity contribution in [3.05, 3.63) is 60.2 Å². The largest absolute Gasteiger partial charge is 0.292 e. The molecule has 2 aromatic carbocycles. The molecule has 2 aromatic rings. The Morgan fingerprint density at radius 3 is 2.58 bits per heavy atom. The van der Waals surface area contributed by atoms with E-state index in [-0.39, 0.29) is 6.17 Å². The van der Waals surface area contributed by atoms with Crippen LogP contribution in [0.2, 0.25) is 0 Å². The maximum atomic E-state index is 4.55. The monoisotopic (exact) mass is 268 g/mol. The van der Waals surface area contributed by atoms with Crippen LogP contribution in [0.25, 0.3) is 0 Å². The number of rotatable bonds is 3. The van der Waals surface area contributed by atoms with Gasteiger partial charge in [-0.3, -0.25) is 10.3 Å². The molecule has 0 saturated heterocycles. The summed E-state index contributed by atoms with van der Waals surface area (Å²) in [5.41, 5.74) is 1.26. The first-order valence-corrected chi connectivity index (χ1v) is 7.32. The molecule has 0 saturated carbocycles. The van der Waals surface area contributed by atoms with Gasteiger partial charge in [-0.05, 0) is 24.6 Å². The molecule has 1 aliphatic rings. The third-order valence-corrected chi connectivity index (χ3v) is 4.15. The van der Waals surface area contributed by atoms with E-state index in [0.717, 1.165) is 13.0 Å². The van der Waals surface area contributed by atoms with Crippen LogP contribution in [0.5, 0.6) is 0 Å². The van der Waals surface area contributed by atoms with Crippen molar-refractivity contribution in [1.82, 2.24) is 5.32 Å². The van der Waals surface area contributed by atoms with Crippen molar-refractivity contribution >= 4 is 18.0 Å². The molecule has 0 bridgehead atoms. The van der Waals surface area contributed by atoms with Crippen LogP contribution in [-0.2, 0) is 0 Å². The quantitative estimate of drug-likeness (QED) is 0.913. The number of nitrogens with one attached hydrogen (secondary N) is 1. The van der Waals surface area contributed by atoms with E-state index in [2.05, 4.69) is 58.8 Å². The van der Waals surface area contributed by atoms with Crippen molar-refractivity contribution in [2.75, 3.05) is 6.54 Å². The molecule has 1 unspecified atom stereocenters. The van der Waals surface area contributed by atoms with E-state index in [1.54, 1.807) is 11.8 Å². The Morgan fingerprint density at radius 1 is 1.00 bits per heavy atom. The highest BCUT2D eigenvalue weighted by atomic mass is 32.2. The van der Waals surface area contributed by atoms with Crippen LogP contribution < -0.4 is 5.32 Å². The minimum Gasteiger partial charge on any atom is -0.292 e. The van der Waals surface area contributed by atoms with Crippen molar-refractivity contribution in [2.24, 2.45) is 4.99 Å². The van der Waals surface area contributed by atoms with E-state index in [9.17, 15) is 0 Å². The van der Waals surface area contributed by atoms with Gasteiger partial charge < -0.3 is 0 Å². The molecule has 96 valence electrons. The van der Waals surface area contributed by atoms with Gasteiger partial charge in [-0.15, -0.1) is 0 Å². The second kappa shape index (κ2) is 6.04.